The molecule has 18 heavy (non-hydrogen) atoms. The molecule has 0 aliphatic carbocycles. The zero-order valence-electron chi connectivity index (χ0n) is 9.49. The Labute approximate surface area is 110 Å². The monoisotopic (exact) mass is 258 g/mol. The molecule has 0 aliphatic rings. The Hall–Kier alpha value is -2.20. The third kappa shape index (κ3) is 3.40. The highest BCUT2D eigenvalue weighted by molar-refractivity contribution is 6.30. The molecule has 0 unspecified atom stereocenters. The van der Waals surface area contributed by atoms with E-state index in [1.54, 1.807) is 30.6 Å². The van der Waals surface area contributed by atoms with Crippen LogP contribution in [0, 0.1) is 0 Å². The Kier molecular flexibility index (Phi) is 4.04. The van der Waals surface area contributed by atoms with Crippen LogP contribution in [0.2, 0.25) is 5.02 Å². The Morgan fingerprint density at radius 3 is 2.61 bits per heavy atom. The van der Waals surface area contributed by atoms with E-state index in [0.717, 1.165) is 5.56 Å². The number of rotatable bonds is 3. The molecule has 5 heteroatoms. The van der Waals surface area contributed by atoms with Gasteiger partial charge in [0.05, 0.1) is 6.21 Å². The van der Waals surface area contributed by atoms with Crippen LogP contribution in [-0.4, -0.2) is 17.0 Å². The third-order valence-corrected chi connectivity index (χ3v) is 2.42. The molecule has 0 aliphatic heterocycles. The van der Waals surface area contributed by atoms with Crippen molar-refractivity contribution in [1.29, 1.82) is 0 Å². The van der Waals surface area contributed by atoms with Crippen LogP contribution in [0.4, 0.5) is 0 Å². The van der Waals surface area contributed by atoms with Crippen LogP contribution in [0.25, 0.3) is 0 Å². The molecule has 2 rings (SSSR count). The molecule has 0 radical (unpaired) electrons. The predicted octanol–water partition coefficient (Wildman–Crippen LogP) is 2.47. The topological polar surface area (TPSA) is 63.6 Å². The molecule has 0 spiro atoms. The van der Waals surface area contributed by atoms with E-state index in [9.17, 15) is 0 Å². The number of pyridine rings is 1. The highest BCUT2D eigenvalue weighted by atomic mass is 35.5. The zero-order chi connectivity index (χ0) is 12.8. The molecule has 4 nitrogen and oxygen atoms in total. The molecule has 0 bridgehead atoms. The number of aromatic nitrogens is 1. The highest BCUT2D eigenvalue weighted by Crippen LogP contribution is 2.07. The van der Waals surface area contributed by atoms with E-state index in [2.05, 4.69) is 15.2 Å². The number of hydrogen-bond donors (Lipinski definition) is 1. The van der Waals surface area contributed by atoms with E-state index in [0.29, 0.717) is 10.7 Å². The lowest BCUT2D eigenvalue weighted by molar-refractivity contribution is 1.20. The van der Waals surface area contributed by atoms with Crippen molar-refractivity contribution in [2.75, 3.05) is 0 Å². The molecule has 1 aromatic carbocycles. The molecule has 2 N–H and O–H groups in total. The van der Waals surface area contributed by atoms with E-state index >= 15 is 0 Å². The number of nitrogens with two attached hydrogens (primary N) is 1. The van der Waals surface area contributed by atoms with Crippen LogP contribution < -0.4 is 5.73 Å². The molecule has 2 aromatic rings. The lowest BCUT2D eigenvalue weighted by Crippen LogP contribution is -2.14. The SMILES string of the molecule is N/C(=N/N=Cc1ccc(Cl)cc1)c1ccccn1. The first kappa shape index (κ1) is 12.3. The van der Waals surface area contributed by atoms with Gasteiger partial charge in [-0.2, -0.15) is 5.10 Å². The van der Waals surface area contributed by atoms with Gasteiger partial charge in [0.2, 0.25) is 0 Å². The van der Waals surface area contributed by atoms with Gasteiger partial charge in [0.1, 0.15) is 5.69 Å². The van der Waals surface area contributed by atoms with Gasteiger partial charge in [-0.3, -0.25) is 4.98 Å². The summed E-state index contributed by atoms with van der Waals surface area (Å²) >= 11 is 5.78. The first-order chi connectivity index (χ1) is 8.75. The minimum Gasteiger partial charge on any atom is -0.380 e. The number of halogens is 1. The molecular weight excluding hydrogens is 248 g/mol. The molecule has 0 fully saturated rings. The van der Waals surface area contributed by atoms with Crippen LogP contribution in [-0.2, 0) is 0 Å². The Morgan fingerprint density at radius 2 is 1.94 bits per heavy atom. The Bertz CT molecular complexity index is 561. The first-order valence-corrected chi connectivity index (χ1v) is 5.67. The average molecular weight is 259 g/mol. The van der Waals surface area contributed by atoms with E-state index < -0.39 is 0 Å². The maximum Gasteiger partial charge on any atom is 0.171 e. The van der Waals surface area contributed by atoms with Crippen LogP contribution in [0.3, 0.4) is 0 Å². The zero-order valence-corrected chi connectivity index (χ0v) is 10.2. The summed E-state index contributed by atoms with van der Waals surface area (Å²) in [7, 11) is 0. The minimum absolute atomic E-state index is 0.279. The van der Waals surface area contributed by atoms with E-state index in [1.807, 2.05) is 24.3 Å². The summed E-state index contributed by atoms with van der Waals surface area (Å²) in [5, 5.41) is 8.47. The van der Waals surface area contributed by atoms with Gasteiger partial charge in [-0.15, -0.1) is 5.10 Å². The van der Waals surface area contributed by atoms with Crippen molar-refractivity contribution in [2.45, 2.75) is 0 Å². The van der Waals surface area contributed by atoms with Crippen LogP contribution in [0.15, 0.2) is 58.9 Å². The van der Waals surface area contributed by atoms with Crippen molar-refractivity contribution in [3.05, 3.63) is 64.9 Å². The summed E-state index contributed by atoms with van der Waals surface area (Å²) in [5.74, 6) is 0.279. The molecule has 0 atom stereocenters. The normalized spacial score (nSPS) is 11.9. The van der Waals surface area contributed by atoms with Crippen molar-refractivity contribution in [1.82, 2.24) is 4.98 Å². The van der Waals surface area contributed by atoms with Crippen molar-refractivity contribution < 1.29 is 0 Å². The van der Waals surface area contributed by atoms with Crippen LogP contribution in [0.5, 0.6) is 0 Å². The molecule has 1 heterocycles. The minimum atomic E-state index is 0.279. The Morgan fingerprint density at radius 1 is 1.17 bits per heavy atom. The van der Waals surface area contributed by atoms with Crippen LogP contribution >= 0.6 is 11.6 Å². The van der Waals surface area contributed by atoms with Crippen molar-refractivity contribution in [2.24, 2.45) is 15.9 Å². The molecule has 1 aromatic heterocycles. The fourth-order valence-corrected chi connectivity index (χ4v) is 1.40. The second kappa shape index (κ2) is 5.93. The van der Waals surface area contributed by atoms with Gasteiger partial charge in [0.25, 0.3) is 0 Å². The van der Waals surface area contributed by atoms with Gasteiger partial charge in [0.15, 0.2) is 5.84 Å². The van der Waals surface area contributed by atoms with Crippen molar-refractivity contribution in [3.63, 3.8) is 0 Å². The summed E-state index contributed by atoms with van der Waals surface area (Å²) in [4.78, 5) is 4.07. The highest BCUT2D eigenvalue weighted by Gasteiger charge is 1.96. The maximum absolute atomic E-state index is 5.78. The lowest BCUT2D eigenvalue weighted by Gasteiger charge is -1.95. The summed E-state index contributed by atoms with van der Waals surface area (Å²) in [6.45, 7) is 0. The number of benzene rings is 1. The largest absolute Gasteiger partial charge is 0.380 e. The second-order valence-electron chi connectivity index (χ2n) is 3.50. The number of nitrogens with zero attached hydrogens (tertiary/aromatic N) is 3. The second-order valence-corrected chi connectivity index (χ2v) is 3.93. The maximum atomic E-state index is 5.78. The van der Waals surface area contributed by atoms with E-state index in [4.69, 9.17) is 17.3 Å². The first-order valence-electron chi connectivity index (χ1n) is 5.29. The van der Waals surface area contributed by atoms with Gasteiger partial charge in [-0.05, 0) is 29.8 Å². The van der Waals surface area contributed by atoms with E-state index in [1.165, 1.54) is 0 Å². The molecule has 0 amide bonds. The third-order valence-electron chi connectivity index (χ3n) is 2.17. The van der Waals surface area contributed by atoms with Crippen molar-refractivity contribution in [3.8, 4) is 0 Å². The summed E-state index contributed by atoms with van der Waals surface area (Å²) < 4.78 is 0. The number of hydrogen-bond acceptors (Lipinski definition) is 3. The predicted molar refractivity (Wildman–Crippen MR) is 74.0 cm³/mol. The summed E-state index contributed by atoms with van der Waals surface area (Å²) in [6.07, 6.45) is 3.26. The fraction of sp³-hybridized carbons (Fsp3) is 0. The quantitative estimate of drug-likeness (QED) is 0.522. The molecule has 0 saturated heterocycles. The smallest absolute Gasteiger partial charge is 0.171 e. The molecule has 0 saturated carbocycles. The standard InChI is InChI=1S/C13H11ClN4/c14-11-6-4-10(5-7-11)9-17-18-13(15)12-3-1-2-8-16-12/h1-9H,(H2,15,18). The average Bonchev–Trinajstić information content (AvgIpc) is 2.42. The summed E-state index contributed by atoms with van der Waals surface area (Å²) in [6, 6.07) is 12.7. The Balaban J connectivity index is 2.08. The molecule has 90 valence electrons. The van der Waals surface area contributed by atoms with Crippen LogP contribution in [0.1, 0.15) is 11.3 Å². The van der Waals surface area contributed by atoms with Gasteiger partial charge < -0.3 is 5.73 Å². The lowest BCUT2D eigenvalue weighted by atomic mass is 10.2. The van der Waals surface area contributed by atoms with E-state index in [-0.39, 0.29) is 5.84 Å². The summed E-state index contributed by atoms with van der Waals surface area (Å²) in [5.41, 5.74) is 7.24. The van der Waals surface area contributed by atoms with Crippen molar-refractivity contribution >= 4 is 23.7 Å². The van der Waals surface area contributed by atoms with Gasteiger partial charge in [-0.25, -0.2) is 0 Å². The van der Waals surface area contributed by atoms with Gasteiger partial charge >= 0.3 is 0 Å². The molecular formula is C13H11ClN4. The number of amidine groups is 1. The fourth-order valence-electron chi connectivity index (χ4n) is 1.27. The van der Waals surface area contributed by atoms with Gasteiger partial charge in [0, 0.05) is 11.2 Å². The van der Waals surface area contributed by atoms with Gasteiger partial charge in [-0.1, -0.05) is 29.8 Å².